The molecule has 0 bridgehead atoms. The molecule has 0 aromatic carbocycles. The minimum Gasteiger partial charge on any atom is -0.544 e. The topological polar surface area (TPSA) is 115 Å². The Morgan fingerprint density at radius 1 is 0.600 bits per heavy atom. The molecule has 0 amide bonds. The van der Waals surface area contributed by atoms with Crippen LogP contribution in [0.4, 0.5) is 0 Å². The lowest BCUT2D eigenvalue weighted by atomic mass is 9.93. The molecular formula is C33H61NO6. The van der Waals surface area contributed by atoms with Gasteiger partial charge in [0.05, 0.1) is 12.5 Å². The van der Waals surface area contributed by atoms with Gasteiger partial charge in [0.2, 0.25) is 0 Å². The number of nitrogens with zero attached hydrogens (tertiary/aromatic N) is 1. The summed E-state index contributed by atoms with van der Waals surface area (Å²) in [6, 6.07) is -3.37. The lowest BCUT2D eigenvalue weighted by Crippen LogP contribution is -2.73. The van der Waals surface area contributed by atoms with Gasteiger partial charge in [-0.2, -0.15) is 0 Å². The van der Waals surface area contributed by atoms with Crippen molar-refractivity contribution in [2.24, 2.45) is 0 Å². The van der Waals surface area contributed by atoms with E-state index in [0.29, 0.717) is 6.42 Å². The van der Waals surface area contributed by atoms with E-state index >= 15 is 0 Å². The van der Waals surface area contributed by atoms with Gasteiger partial charge in [0.25, 0.3) is 0 Å². The summed E-state index contributed by atoms with van der Waals surface area (Å²) in [4.78, 5) is 36.6. The van der Waals surface area contributed by atoms with Crippen LogP contribution in [0.25, 0.3) is 0 Å². The third-order valence-corrected chi connectivity index (χ3v) is 8.65. The first-order valence-electron chi connectivity index (χ1n) is 16.4. The predicted molar refractivity (Wildman–Crippen MR) is 161 cm³/mol. The molecule has 0 aromatic heterocycles. The normalized spacial score (nSPS) is 15.5. The zero-order valence-corrected chi connectivity index (χ0v) is 26.2. The van der Waals surface area contributed by atoms with Gasteiger partial charge in [-0.15, -0.1) is 0 Å². The van der Waals surface area contributed by atoms with Gasteiger partial charge in [-0.3, -0.25) is 4.48 Å². The fourth-order valence-electron chi connectivity index (χ4n) is 6.55. The Balaban J connectivity index is 4.46. The van der Waals surface area contributed by atoms with Gasteiger partial charge in [0.1, 0.15) is 6.04 Å². The Kier molecular flexibility index (Phi) is 22.7. The van der Waals surface area contributed by atoms with Gasteiger partial charge >= 0.3 is 11.9 Å². The third-order valence-electron chi connectivity index (χ3n) is 8.65. The molecule has 234 valence electrons. The monoisotopic (exact) mass is 567 g/mol. The highest BCUT2D eigenvalue weighted by atomic mass is 16.4. The largest absolute Gasteiger partial charge is 0.544 e. The molecule has 0 heterocycles. The molecule has 0 saturated heterocycles. The number of unbranched alkanes of at least 4 members (excludes halogenated alkanes) is 16. The van der Waals surface area contributed by atoms with Crippen molar-refractivity contribution in [1.29, 1.82) is 0 Å². The summed E-state index contributed by atoms with van der Waals surface area (Å²) >= 11 is 0. The summed E-state index contributed by atoms with van der Waals surface area (Å²) in [5, 5.41) is 32.1. The van der Waals surface area contributed by atoms with Gasteiger partial charge in [0.15, 0.2) is 12.1 Å². The first-order chi connectivity index (χ1) is 19.2. The van der Waals surface area contributed by atoms with Crippen LogP contribution in [0, 0.1) is 0 Å². The number of rotatable bonds is 28. The SMILES string of the molecule is C/C=C/CCCCCCCCCCCCCCCCCC[N+](C(CC)C(=O)[O-])(C(CC)C(=O)O)C(CC)C(=O)O. The lowest BCUT2D eigenvalue weighted by Gasteiger charge is -2.51. The molecule has 0 radical (unpaired) electrons. The van der Waals surface area contributed by atoms with Crippen molar-refractivity contribution >= 4 is 17.9 Å². The number of hydrogen-bond acceptors (Lipinski definition) is 4. The smallest absolute Gasteiger partial charge is 0.362 e. The minimum absolute atomic E-state index is 0.132. The van der Waals surface area contributed by atoms with Crippen LogP contribution in [0.15, 0.2) is 12.2 Å². The van der Waals surface area contributed by atoms with Gasteiger partial charge in [-0.25, -0.2) is 9.59 Å². The molecule has 0 fully saturated rings. The molecule has 0 aliphatic rings. The zero-order valence-electron chi connectivity index (χ0n) is 26.2. The van der Waals surface area contributed by atoms with Crippen LogP contribution in [0.5, 0.6) is 0 Å². The van der Waals surface area contributed by atoms with Crippen LogP contribution in [-0.2, 0) is 14.4 Å². The van der Waals surface area contributed by atoms with Gasteiger partial charge in [-0.05, 0) is 32.6 Å². The second kappa shape index (κ2) is 23.8. The fourth-order valence-corrected chi connectivity index (χ4v) is 6.55. The van der Waals surface area contributed by atoms with Crippen LogP contribution in [0.3, 0.4) is 0 Å². The van der Waals surface area contributed by atoms with Crippen LogP contribution in [0.1, 0.15) is 156 Å². The molecule has 7 heteroatoms. The third kappa shape index (κ3) is 14.1. The lowest BCUT2D eigenvalue weighted by molar-refractivity contribution is -0.974. The number of allylic oxidation sites excluding steroid dienone is 2. The van der Waals surface area contributed by atoms with Crippen molar-refractivity contribution in [2.45, 2.75) is 174 Å². The van der Waals surface area contributed by atoms with E-state index in [9.17, 15) is 29.7 Å². The van der Waals surface area contributed by atoms with Crippen molar-refractivity contribution in [3.63, 3.8) is 0 Å². The quantitative estimate of drug-likeness (QED) is 0.0584. The van der Waals surface area contributed by atoms with E-state index in [2.05, 4.69) is 19.1 Å². The second-order valence-corrected chi connectivity index (χ2v) is 11.5. The Bertz CT molecular complexity index is 652. The van der Waals surface area contributed by atoms with Crippen molar-refractivity contribution in [1.82, 2.24) is 0 Å². The number of carboxylic acids is 3. The Labute approximate surface area is 245 Å². The Morgan fingerprint density at radius 2 is 0.925 bits per heavy atom. The van der Waals surface area contributed by atoms with Crippen LogP contribution in [0.2, 0.25) is 0 Å². The maximum absolute atomic E-state index is 12.2. The van der Waals surface area contributed by atoms with Crippen molar-refractivity contribution in [3.8, 4) is 0 Å². The molecule has 0 aromatic rings. The van der Waals surface area contributed by atoms with E-state index in [1.165, 1.54) is 83.5 Å². The molecule has 7 nitrogen and oxygen atoms in total. The fraction of sp³-hybridized carbons (Fsp3) is 0.848. The van der Waals surface area contributed by atoms with E-state index in [1.54, 1.807) is 20.8 Å². The zero-order chi connectivity index (χ0) is 30.2. The molecule has 3 unspecified atom stereocenters. The van der Waals surface area contributed by atoms with Crippen molar-refractivity contribution < 1.29 is 34.2 Å². The number of carbonyl (C=O) groups excluding carboxylic acids is 1. The number of carboxylic acid groups (broad SMARTS) is 3. The van der Waals surface area contributed by atoms with Crippen molar-refractivity contribution in [2.75, 3.05) is 6.54 Å². The minimum atomic E-state index is -1.36. The Hall–Kier alpha value is -1.89. The average Bonchev–Trinajstić information content (AvgIpc) is 2.90. The Morgan fingerprint density at radius 3 is 1.20 bits per heavy atom. The first kappa shape index (κ1) is 38.1. The summed E-state index contributed by atoms with van der Waals surface area (Å²) in [7, 11) is 0. The molecule has 3 atom stereocenters. The van der Waals surface area contributed by atoms with E-state index in [1.807, 2.05) is 0 Å². The van der Waals surface area contributed by atoms with Gasteiger partial charge in [-0.1, -0.05) is 116 Å². The van der Waals surface area contributed by atoms with E-state index in [0.717, 1.165) is 19.3 Å². The maximum atomic E-state index is 12.2. The van der Waals surface area contributed by atoms with E-state index in [4.69, 9.17) is 0 Å². The highest BCUT2D eigenvalue weighted by Gasteiger charge is 2.53. The molecule has 0 aliphatic heterocycles. The first-order valence-corrected chi connectivity index (χ1v) is 16.4. The molecular weight excluding hydrogens is 506 g/mol. The number of carbonyl (C=O) groups is 3. The summed E-state index contributed by atoms with van der Waals surface area (Å²) < 4.78 is -0.465. The van der Waals surface area contributed by atoms with E-state index < -0.39 is 40.5 Å². The summed E-state index contributed by atoms with van der Waals surface area (Å²) in [6.07, 6.45) is 25.4. The molecule has 0 spiro atoms. The molecule has 0 aliphatic carbocycles. The van der Waals surface area contributed by atoms with Gasteiger partial charge in [0, 0.05) is 19.3 Å². The van der Waals surface area contributed by atoms with Gasteiger partial charge < -0.3 is 20.1 Å². The van der Waals surface area contributed by atoms with Crippen LogP contribution in [-0.4, -0.2) is 57.3 Å². The number of quaternary nitrogens is 1. The molecule has 40 heavy (non-hydrogen) atoms. The van der Waals surface area contributed by atoms with Crippen molar-refractivity contribution in [3.05, 3.63) is 12.2 Å². The highest BCUT2D eigenvalue weighted by molar-refractivity contribution is 5.77. The molecule has 0 rings (SSSR count). The van der Waals surface area contributed by atoms with E-state index in [-0.39, 0.29) is 25.8 Å². The predicted octanol–water partition coefficient (Wildman–Crippen LogP) is 7.27. The maximum Gasteiger partial charge on any atom is 0.362 e. The molecule has 2 N–H and O–H groups in total. The summed E-state index contributed by atoms with van der Waals surface area (Å²) in [5.41, 5.74) is 0. The molecule has 0 saturated carbocycles. The number of aliphatic carboxylic acids is 3. The second-order valence-electron chi connectivity index (χ2n) is 11.5. The average molecular weight is 568 g/mol. The highest BCUT2D eigenvalue weighted by Crippen LogP contribution is 2.32. The number of hydrogen-bond donors (Lipinski definition) is 2. The summed E-state index contributed by atoms with van der Waals surface area (Å²) in [5.74, 6) is -3.65. The standard InChI is InChI=1S/C33H61NO6/c1-5-9-10-11-12-13-14-15-16-17-18-19-20-21-22-23-24-25-26-27-34(28(6-2)31(35)36,29(7-3)32(37)38)30(8-4)33(39)40/h5,9,28-30H,6-8,10-27H2,1-4H3,(H2-,35,36,37,38,39,40)/b9-5+. The summed E-state index contributed by atoms with van der Waals surface area (Å²) in [6.45, 7) is 7.36. The van der Waals surface area contributed by atoms with Crippen LogP contribution < -0.4 is 5.11 Å². The van der Waals surface area contributed by atoms with Crippen LogP contribution >= 0.6 is 0 Å².